The fourth-order valence-corrected chi connectivity index (χ4v) is 2.11. The van der Waals surface area contributed by atoms with E-state index in [4.69, 9.17) is 4.74 Å². The normalized spacial score (nSPS) is 19.1. The van der Waals surface area contributed by atoms with Crippen molar-refractivity contribution in [3.05, 3.63) is 29.6 Å². The van der Waals surface area contributed by atoms with Crippen molar-refractivity contribution in [2.24, 2.45) is 0 Å². The third-order valence-corrected chi connectivity index (χ3v) is 3.46. The molecule has 0 aliphatic heterocycles. The first kappa shape index (κ1) is 14.1. The monoisotopic (exact) mass is 277 g/mol. The highest BCUT2D eigenvalue weighted by Gasteiger charge is 2.63. The molecule has 106 valence electrons. The second-order valence-electron chi connectivity index (χ2n) is 4.83. The molecule has 19 heavy (non-hydrogen) atoms. The molecule has 1 aromatic rings. The van der Waals surface area contributed by atoms with Crippen molar-refractivity contribution >= 4 is 0 Å². The number of methoxy groups -OCH3 is 1. The van der Waals surface area contributed by atoms with Crippen LogP contribution in [0.25, 0.3) is 0 Å². The Bertz CT molecular complexity index is 468. The van der Waals surface area contributed by atoms with E-state index >= 15 is 0 Å². The quantitative estimate of drug-likeness (QED) is 0.849. The molecule has 0 amide bonds. The molecule has 1 aromatic carbocycles. The lowest BCUT2D eigenvalue weighted by molar-refractivity contribution is -0.167. The second-order valence-corrected chi connectivity index (χ2v) is 4.83. The molecule has 1 fully saturated rings. The summed E-state index contributed by atoms with van der Waals surface area (Å²) in [4.78, 5) is 0. The van der Waals surface area contributed by atoms with Gasteiger partial charge in [-0.3, -0.25) is 5.32 Å². The Balaban J connectivity index is 2.15. The molecule has 1 aliphatic carbocycles. The number of rotatable bonds is 4. The van der Waals surface area contributed by atoms with Gasteiger partial charge in [-0.15, -0.1) is 0 Å². The predicted molar refractivity (Wildman–Crippen MR) is 62.5 cm³/mol. The molecule has 0 aromatic heterocycles. The highest BCUT2D eigenvalue weighted by molar-refractivity contribution is 5.31. The fraction of sp³-hybridized carbons (Fsp3) is 0.538. The van der Waals surface area contributed by atoms with Crippen molar-refractivity contribution in [3.63, 3.8) is 0 Å². The summed E-state index contributed by atoms with van der Waals surface area (Å²) in [6.07, 6.45) is -4.22. The Morgan fingerprint density at radius 2 is 1.95 bits per heavy atom. The smallest absolute Gasteiger partial charge is 0.406 e. The summed E-state index contributed by atoms with van der Waals surface area (Å²) in [7, 11) is 1.40. The van der Waals surface area contributed by atoms with Crippen LogP contribution in [0.15, 0.2) is 18.2 Å². The number of alkyl halides is 3. The molecule has 0 saturated heterocycles. The minimum absolute atomic E-state index is 0.0403. The van der Waals surface area contributed by atoms with Crippen LogP contribution >= 0.6 is 0 Å². The SMILES string of the molecule is COc1ccc(C(C)NC2(C(F)(F)F)CC2)c(F)c1. The van der Waals surface area contributed by atoms with E-state index in [0.717, 1.165) is 0 Å². The number of hydrogen-bond donors (Lipinski definition) is 1. The molecule has 0 spiro atoms. The minimum atomic E-state index is -4.30. The summed E-state index contributed by atoms with van der Waals surface area (Å²) in [5.74, 6) is -0.234. The van der Waals surface area contributed by atoms with Crippen molar-refractivity contribution < 1.29 is 22.3 Å². The van der Waals surface area contributed by atoms with Gasteiger partial charge in [0.05, 0.1) is 7.11 Å². The average molecular weight is 277 g/mol. The summed E-state index contributed by atoms with van der Waals surface area (Å²) in [6.45, 7) is 1.52. The molecule has 1 saturated carbocycles. The minimum Gasteiger partial charge on any atom is -0.497 e. The Hall–Kier alpha value is -1.30. The summed E-state index contributed by atoms with van der Waals surface area (Å²) < 4.78 is 57.1. The topological polar surface area (TPSA) is 21.3 Å². The molecule has 0 heterocycles. The van der Waals surface area contributed by atoms with E-state index < -0.39 is 23.6 Å². The zero-order chi connectivity index (χ0) is 14.3. The van der Waals surface area contributed by atoms with E-state index in [9.17, 15) is 17.6 Å². The maximum Gasteiger partial charge on any atom is 0.406 e. The highest BCUT2D eigenvalue weighted by atomic mass is 19.4. The van der Waals surface area contributed by atoms with Crippen molar-refractivity contribution in [2.75, 3.05) is 7.11 Å². The van der Waals surface area contributed by atoms with E-state index in [1.165, 1.54) is 32.2 Å². The van der Waals surface area contributed by atoms with E-state index in [1.54, 1.807) is 0 Å². The summed E-state index contributed by atoms with van der Waals surface area (Å²) in [6, 6.07) is 3.43. The molecule has 1 N–H and O–H groups in total. The third kappa shape index (κ3) is 2.68. The average Bonchev–Trinajstić information content (AvgIpc) is 3.08. The summed E-state index contributed by atoms with van der Waals surface area (Å²) in [5.41, 5.74) is -1.64. The Kier molecular flexibility index (Phi) is 3.47. The van der Waals surface area contributed by atoms with Gasteiger partial charge < -0.3 is 4.74 Å². The number of ether oxygens (including phenoxy) is 1. The van der Waals surface area contributed by atoms with Crippen LogP contribution < -0.4 is 10.1 Å². The van der Waals surface area contributed by atoms with Crippen LogP contribution in [0.3, 0.4) is 0 Å². The molecule has 6 heteroatoms. The molecule has 0 radical (unpaired) electrons. The maximum atomic E-state index is 13.8. The number of nitrogens with one attached hydrogen (secondary N) is 1. The highest BCUT2D eigenvalue weighted by Crippen LogP contribution is 2.50. The van der Waals surface area contributed by atoms with Crippen LogP contribution in [0.5, 0.6) is 5.75 Å². The van der Waals surface area contributed by atoms with Crippen molar-refractivity contribution in [2.45, 2.75) is 37.5 Å². The Labute approximate surface area is 108 Å². The van der Waals surface area contributed by atoms with E-state index in [1.807, 2.05) is 0 Å². The second kappa shape index (κ2) is 4.67. The zero-order valence-electron chi connectivity index (χ0n) is 10.6. The number of hydrogen-bond acceptors (Lipinski definition) is 2. The van der Waals surface area contributed by atoms with Gasteiger partial charge in [-0.05, 0) is 25.8 Å². The molecule has 1 unspecified atom stereocenters. The van der Waals surface area contributed by atoms with Gasteiger partial charge in [-0.1, -0.05) is 6.07 Å². The van der Waals surface area contributed by atoms with Crippen LogP contribution in [0.2, 0.25) is 0 Å². The number of benzene rings is 1. The van der Waals surface area contributed by atoms with E-state index in [0.29, 0.717) is 5.75 Å². The predicted octanol–water partition coefficient (Wildman–Crippen LogP) is 3.58. The first-order valence-corrected chi connectivity index (χ1v) is 5.97. The molecular formula is C13H15F4NO. The zero-order valence-corrected chi connectivity index (χ0v) is 10.6. The molecule has 2 rings (SSSR count). The Morgan fingerprint density at radius 3 is 2.37 bits per heavy atom. The van der Waals surface area contributed by atoms with E-state index in [2.05, 4.69) is 5.32 Å². The van der Waals surface area contributed by atoms with E-state index in [-0.39, 0.29) is 18.4 Å². The largest absolute Gasteiger partial charge is 0.497 e. The van der Waals surface area contributed by atoms with Gasteiger partial charge in [0.25, 0.3) is 0 Å². The third-order valence-electron chi connectivity index (χ3n) is 3.46. The van der Waals surface area contributed by atoms with Crippen LogP contribution in [-0.4, -0.2) is 18.8 Å². The first-order valence-electron chi connectivity index (χ1n) is 5.97. The van der Waals surface area contributed by atoms with Gasteiger partial charge in [-0.2, -0.15) is 13.2 Å². The van der Waals surface area contributed by atoms with Gasteiger partial charge in [0.15, 0.2) is 0 Å². The molecular weight excluding hydrogens is 262 g/mol. The van der Waals surface area contributed by atoms with Crippen molar-refractivity contribution in [1.82, 2.24) is 5.32 Å². The fourth-order valence-electron chi connectivity index (χ4n) is 2.11. The van der Waals surface area contributed by atoms with Crippen LogP contribution in [-0.2, 0) is 0 Å². The van der Waals surface area contributed by atoms with Gasteiger partial charge >= 0.3 is 6.18 Å². The van der Waals surface area contributed by atoms with Gasteiger partial charge in [0, 0.05) is 17.7 Å². The van der Waals surface area contributed by atoms with Gasteiger partial charge in [-0.25, -0.2) is 4.39 Å². The standard InChI is InChI=1S/C13H15F4NO/c1-8(18-12(5-6-12)13(15,16)17)10-4-3-9(19-2)7-11(10)14/h3-4,7-8,18H,5-6H2,1-2H3. The molecule has 1 aliphatic rings. The molecule has 1 atom stereocenters. The lowest BCUT2D eigenvalue weighted by atomic mass is 10.1. The van der Waals surface area contributed by atoms with Crippen molar-refractivity contribution in [3.8, 4) is 5.75 Å². The molecule has 2 nitrogen and oxygen atoms in total. The van der Waals surface area contributed by atoms with Crippen LogP contribution in [0.4, 0.5) is 17.6 Å². The lowest BCUT2D eigenvalue weighted by Crippen LogP contribution is -2.46. The van der Waals surface area contributed by atoms with Crippen molar-refractivity contribution in [1.29, 1.82) is 0 Å². The lowest BCUT2D eigenvalue weighted by Gasteiger charge is -2.25. The Morgan fingerprint density at radius 1 is 1.32 bits per heavy atom. The first-order chi connectivity index (χ1) is 8.79. The summed E-state index contributed by atoms with van der Waals surface area (Å²) in [5, 5.41) is 2.50. The van der Waals surface area contributed by atoms with Crippen LogP contribution in [0, 0.1) is 5.82 Å². The maximum absolute atomic E-state index is 13.8. The van der Waals surface area contributed by atoms with Gasteiger partial charge in [0.2, 0.25) is 0 Å². The molecule has 0 bridgehead atoms. The summed E-state index contributed by atoms with van der Waals surface area (Å²) >= 11 is 0. The van der Waals surface area contributed by atoms with Crippen LogP contribution in [0.1, 0.15) is 31.4 Å². The number of halogens is 4. The van der Waals surface area contributed by atoms with Gasteiger partial charge in [0.1, 0.15) is 17.1 Å².